The van der Waals surface area contributed by atoms with E-state index in [9.17, 15) is 14.7 Å². The highest BCUT2D eigenvalue weighted by atomic mass is 32.1. The van der Waals surface area contributed by atoms with Crippen LogP contribution in [0.5, 0.6) is 0 Å². The van der Waals surface area contributed by atoms with Crippen LogP contribution < -0.4 is 4.90 Å². The molecule has 8 heteroatoms. The highest BCUT2D eigenvalue weighted by molar-refractivity contribution is 7.16. The lowest BCUT2D eigenvalue weighted by atomic mass is 9.89. The van der Waals surface area contributed by atoms with Crippen molar-refractivity contribution < 1.29 is 24.2 Å². The Bertz CT molecular complexity index is 604. The quantitative estimate of drug-likeness (QED) is 0.814. The summed E-state index contributed by atoms with van der Waals surface area (Å²) in [6, 6.07) is 0. The van der Waals surface area contributed by atoms with Crippen LogP contribution in [-0.4, -0.2) is 48.5 Å². The number of esters is 1. The molecule has 1 amide bonds. The zero-order chi connectivity index (χ0) is 18.7. The SMILES string of the molecule is COC(=O)c1nc(N(C)C(=O)OC(C)(C)C)sc1CC(C)(C)CO. The van der Waals surface area contributed by atoms with Gasteiger partial charge in [0.25, 0.3) is 0 Å². The van der Waals surface area contributed by atoms with Gasteiger partial charge in [-0.15, -0.1) is 11.3 Å². The van der Waals surface area contributed by atoms with Crippen molar-refractivity contribution in [1.29, 1.82) is 0 Å². The Kier molecular flexibility index (Phi) is 6.35. The molecule has 1 aromatic rings. The second-order valence-electron chi connectivity index (χ2n) is 7.30. The van der Waals surface area contributed by atoms with Gasteiger partial charge in [-0.2, -0.15) is 0 Å². The topological polar surface area (TPSA) is 89.0 Å². The number of aromatic nitrogens is 1. The van der Waals surface area contributed by atoms with Crippen molar-refractivity contribution in [2.75, 3.05) is 25.7 Å². The summed E-state index contributed by atoms with van der Waals surface area (Å²) in [5.41, 5.74) is -0.888. The molecule has 1 rings (SSSR count). The van der Waals surface area contributed by atoms with Gasteiger partial charge in [-0.3, -0.25) is 4.90 Å². The van der Waals surface area contributed by atoms with Crippen molar-refractivity contribution in [2.45, 2.75) is 46.6 Å². The van der Waals surface area contributed by atoms with E-state index in [-0.39, 0.29) is 12.3 Å². The number of anilines is 1. The van der Waals surface area contributed by atoms with E-state index in [2.05, 4.69) is 4.98 Å². The van der Waals surface area contributed by atoms with Crippen LogP contribution in [0, 0.1) is 5.41 Å². The van der Waals surface area contributed by atoms with Crippen LogP contribution in [0.3, 0.4) is 0 Å². The third kappa shape index (κ3) is 5.45. The number of amides is 1. The number of ether oxygens (including phenoxy) is 2. The molecule has 0 saturated heterocycles. The van der Waals surface area contributed by atoms with E-state index in [0.29, 0.717) is 16.4 Å². The third-order valence-corrected chi connectivity index (χ3v) is 4.22. The summed E-state index contributed by atoms with van der Waals surface area (Å²) in [6.45, 7) is 9.04. The first kappa shape index (κ1) is 20.4. The van der Waals surface area contributed by atoms with Crippen LogP contribution in [0.2, 0.25) is 0 Å². The number of hydrogen-bond acceptors (Lipinski definition) is 7. The molecular formula is C16H26N2O5S. The highest BCUT2D eigenvalue weighted by Crippen LogP contribution is 2.32. The largest absolute Gasteiger partial charge is 0.464 e. The number of rotatable bonds is 5. The Hall–Kier alpha value is -1.67. The summed E-state index contributed by atoms with van der Waals surface area (Å²) in [7, 11) is 2.81. The molecule has 0 aliphatic rings. The maximum absolute atomic E-state index is 12.2. The Morgan fingerprint density at radius 2 is 1.83 bits per heavy atom. The average molecular weight is 358 g/mol. The minimum atomic E-state index is -0.629. The number of aliphatic hydroxyl groups is 1. The lowest BCUT2D eigenvalue weighted by molar-refractivity contribution is 0.0575. The average Bonchev–Trinajstić information content (AvgIpc) is 2.86. The molecule has 0 aromatic carbocycles. The zero-order valence-corrected chi connectivity index (χ0v) is 16.1. The number of carbonyl (C=O) groups is 2. The molecule has 0 fully saturated rings. The molecule has 0 aliphatic carbocycles. The number of hydrogen-bond donors (Lipinski definition) is 1. The van der Waals surface area contributed by atoms with Crippen LogP contribution in [0.15, 0.2) is 0 Å². The number of aliphatic hydroxyl groups excluding tert-OH is 1. The highest BCUT2D eigenvalue weighted by Gasteiger charge is 2.29. The van der Waals surface area contributed by atoms with E-state index in [0.717, 1.165) is 0 Å². The van der Waals surface area contributed by atoms with Crippen LogP contribution in [-0.2, 0) is 15.9 Å². The van der Waals surface area contributed by atoms with Crippen molar-refractivity contribution >= 4 is 28.5 Å². The molecule has 0 spiro atoms. The molecule has 0 bridgehead atoms. The summed E-state index contributed by atoms with van der Waals surface area (Å²) in [5.74, 6) is -0.571. The van der Waals surface area contributed by atoms with Gasteiger partial charge < -0.3 is 14.6 Å². The number of carbonyl (C=O) groups excluding carboxylic acids is 2. The molecule has 1 N–H and O–H groups in total. The standard InChI is InChI=1S/C16H26N2O5S/c1-15(2,3)23-14(21)18(6)13-17-11(12(20)22-7)10(24-13)8-16(4,5)9-19/h19H,8-9H2,1-7H3. The fourth-order valence-corrected chi connectivity index (χ4v) is 3.02. The van der Waals surface area contributed by atoms with Gasteiger partial charge >= 0.3 is 12.1 Å². The van der Waals surface area contributed by atoms with Crippen LogP contribution in [0.1, 0.15) is 50.0 Å². The van der Waals surface area contributed by atoms with Crippen molar-refractivity contribution in [2.24, 2.45) is 5.41 Å². The van der Waals surface area contributed by atoms with Gasteiger partial charge in [0, 0.05) is 18.5 Å². The Labute approximate surface area is 146 Å². The molecule has 24 heavy (non-hydrogen) atoms. The molecule has 136 valence electrons. The zero-order valence-electron chi connectivity index (χ0n) is 15.3. The van der Waals surface area contributed by atoms with Gasteiger partial charge in [0.1, 0.15) is 5.60 Å². The Morgan fingerprint density at radius 3 is 2.29 bits per heavy atom. The van der Waals surface area contributed by atoms with Crippen LogP contribution in [0.25, 0.3) is 0 Å². The first-order chi connectivity index (χ1) is 10.9. The van der Waals surface area contributed by atoms with Crippen molar-refractivity contribution in [3.05, 3.63) is 10.6 Å². The summed E-state index contributed by atoms with van der Waals surface area (Å²) in [6.07, 6.45) is -0.117. The van der Waals surface area contributed by atoms with Gasteiger partial charge in [-0.05, 0) is 32.6 Å². The van der Waals surface area contributed by atoms with Crippen LogP contribution in [0.4, 0.5) is 9.93 Å². The van der Waals surface area contributed by atoms with Gasteiger partial charge in [-0.1, -0.05) is 13.8 Å². The van der Waals surface area contributed by atoms with Crippen molar-refractivity contribution in [3.8, 4) is 0 Å². The van der Waals surface area contributed by atoms with E-state index >= 15 is 0 Å². The predicted octanol–water partition coefficient (Wildman–Crippen LogP) is 2.86. The number of nitrogens with zero attached hydrogens (tertiary/aromatic N) is 2. The first-order valence-electron chi connectivity index (χ1n) is 7.56. The van der Waals surface area contributed by atoms with E-state index < -0.39 is 23.1 Å². The first-order valence-corrected chi connectivity index (χ1v) is 8.37. The molecule has 7 nitrogen and oxygen atoms in total. The monoisotopic (exact) mass is 358 g/mol. The lowest BCUT2D eigenvalue weighted by Gasteiger charge is -2.23. The third-order valence-electron chi connectivity index (χ3n) is 3.09. The minimum absolute atomic E-state index is 0.0389. The second-order valence-corrected chi connectivity index (χ2v) is 8.36. The van der Waals surface area contributed by atoms with Crippen LogP contribution >= 0.6 is 11.3 Å². The van der Waals surface area contributed by atoms with Gasteiger partial charge in [-0.25, -0.2) is 14.6 Å². The Morgan fingerprint density at radius 1 is 1.25 bits per heavy atom. The molecule has 0 unspecified atom stereocenters. The Balaban J connectivity index is 3.15. The molecule has 0 atom stereocenters. The molecule has 0 aliphatic heterocycles. The maximum Gasteiger partial charge on any atom is 0.416 e. The van der Waals surface area contributed by atoms with Gasteiger partial charge in [0.05, 0.1) is 7.11 Å². The maximum atomic E-state index is 12.2. The summed E-state index contributed by atoms with van der Waals surface area (Å²) in [5, 5.41) is 9.80. The smallest absolute Gasteiger partial charge is 0.416 e. The van der Waals surface area contributed by atoms with E-state index in [1.165, 1.54) is 30.4 Å². The fraction of sp³-hybridized carbons (Fsp3) is 0.688. The van der Waals surface area contributed by atoms with Crippen molar-refractivity contribution in [3.63, 3.8) is 0 Å². The predicted molar refractivity (Wildman–Crippen MR) is 92.7 cm³/mol. The van der Waals surface area contributed by atoms with E-state index in [1.54, 1.807) is 20.8 Å². The van der Waals surface area contributed by atoms with E-state index in [4.69, 9.17) is 9.47 Å². The lowest BCUT2D eigenvalue weighted by Crippen LogP contribution is -2.34. The second kappa shape index (κ2) is 7.48. The number of thiazole rings is 1. The molecule has 0 saturated carbocycles. The van der Waals surface area contributed by atoms with Gasteiger partial charge in [0.2, 0.25) is 0 Å². The minimum Gasteiger partial charge on any atom is -0.464 e. The number of methoxy groups -OCH3 is 1. The molecule has 1 heterocycles. The van der Waals surface area contributed by atoms with Gasteiger partial charge in [0.15, 0.2) is 10.8 Å². The van der Waals surface area contributed by atoms with Crippen molar-refractivity contribution in [1.82, 2.24) is 4.98 Å². The summed E-state index contributed by atoms with van der Waals surface area (Å²) < 4.78 is 10.1. The molecule has 1 aromatic heterocycles. The molecular weight excluding hydrogens is 332 g/mol. The van der Waals surface area contributed by atoms with E-state index in [1.807, 2.05) is 13.8 Å². The fourth-order valence-electron chi connectivity index (χ4n) is 1.76. The summed E-state index contributed by atoms with van der Waals surface area (Å²) >= 11 is 1.21. The molecule has 0 radical (unpaired) electrons. The normalized spacial score (nSPS) is 12.0. The summed E-state index contributed by atoms with van der Waals surface area (Å²) in [4.78, 5) is 30.3.